The largest absolute Gasteiger partial charge is 0.338 e. The van der Waals surface area contributed by atoms with E-state index in [1.165, 1.54) is 6.33 Å². The van der Waals surface area contributed by atoms with Crippen LogP contribution in [0.4, 0.5) is 5.82 Å². The van der Waals surface area contributed by atoms with Gasteiger partial charge in [0, 0.05) is 29.9 Å². The van der Waals surface area contributed by atoms with Crippen LogP contribution < -0.4 is 4.90 Å². The summed E-state index contributed by atoms with van der Waals surface area (Å²) in [5.74, 6) is 2.33. The average Bonchev–Trinajstić information content (AvgIpc) is 2.39. The fraction of sp³-hybridized carbons (Fsp3) is 0.600. The van der Waals surface area contributed by atoms with Crippen LogP contribution in [-0.4, -0.2) is 47.6 Å². The van der Waals surface area contributed by atoms with E-state index in [1.54, 1.807) is 24.8 Å². The molecule has 1 aliphatic rings. The normalized spacial score (nSPS) is 21.0. The fourth-order valence-corrected chi connectivity index (χ4v) is 5.09. The first-order valence-corrected chi connectivity index (χ1v) is 9.24. The molecule has 0 bridgehead atoms. The van der Waals surface area contributed by atoms with Gasteiger partial charge in [0.1, 0.15) is 22.1 Å². The lowest BCUT2D eigenvalue weighted by Gasteiger charge is -2.35. The number of halogens is 1. The van der Waals surface area contributed by atoms with Gasteiger partial charge in [0.25, 0.3) is 0 Å². The smallest absolute Gasteiger partial charge is 0.171 e. The second kappa shape index (κ2) is 5.75. The van der Waals surface area contributed by atoms with E-state index in [0.29, 0.717) is 22.7 Å². The molecular formula is C10H14BrN3O2S2. The summed E-state index contributed by atoms with van der Waals surface area (Å²) in [7, 11) is -3.10. The Kier molecular flexibility index (Phi) is 4.50. The van der Waals surface area contributed by atoms with Crippen molar-refractivity contribution < 1.29 is 8.42 Å². The van der Waals surface area contributed by atoms with E-state index in [-0.39, 0.29) is 5.75 Å². The van der Waals surface area contributed by atoms with Gasteiger partial charge in [0.2, 0.25) is 0 Å². The second-order valence-corrected chi connectivity index (χ2v) is 8.28. The van der Waals surface area contributed by atoms with Crippen molar-refractivity contribution in [2.45, 2.75) is 12.3 Å². The van der Waals surface area contributed by atoms with Gasteiger partial charge < -0.3 is 4.90 Å². The Bertz CT molecular complexity index is 524. The van der Waals surface area contributed by atoms with Gasteiger partial charge >= 0.3 is 0 Å². The topological polar surface area (TPSA) is 63.2 Å². The predicted octanol–water partition coefficient (Wildman–Crippen LogP) is 1.55. The highest BCUT2D eigenvalue weighted by molar-refractivity contribution is 9.10. The molecule has 2 heterocycles. The van der Waals surface area contributed by atoms with Gasteiger partial charge in [0.05, 0.1) is 0 Å². The van der Waals surface area contributed by atoms with Gasteiger partial charge in [-0.1, -0.05) is 6.92 Å². The summed E-state index contributed by atoms with van der Waals surface area (Å²) in [5, 5.41) is -0.483. The van der Waals surface area contributed by atoms with Crippen molar-refractivity contribution in [1.82, 2.24) is 9.97 Å². The third-order valence-electron chi connectivity index (χ3n) is 2.82. The Morgan fingerprint density at radius 1 is 1.56 bits per heavy atom. The summed E-state index contributed by atoms with van der Waals surface area (Å²) in [6, 6.07) is 1.76. The maximum Gasteiger partial charge on any atom is 0.171 e. The lowest BCUT2D eigenvalue weighted by molar-refractivity contribution is 0.578. The molecule has 0 N–H and O–H groups in total. The first kappa shape index (κ1) is 14.1. The van der Waals surface area contributed by atoms with Crippen LogP contribution in [0.3, 0.4) is 0 Å². The van der Waals surface area contributed by atoms with E-state index in [4.69, 9.17) is 0 Å². The van der Waals surface area contributed by atoms with Gasteiger partial charge in [-0.05, 0) is 15.9 Å². The van der Waals surface area contributed by atoms with Gasteiger partial charge in [-0.2, -0.15) is 11.8 Å². The SMILES string of the molecule is CCS(=O)(=O)C1CSCCN1c1cc(Br)ncn1. The minimum atomic E-state index is -3.10. The summed E-state index contributed by atoms with van der Waals surface area (Å²) in [6.45, 7) is 2.38. The molecule has 0 spiro atoms. The molecule has 8 heteroatoms. The van der Waals surface area contributed by atoms with Gasteiger partial charge in [-0.25, -0.2) is 18.4 Å². The first-order chi connectivity index (χ1) is 8.54. The third kappa shape index (κ3) is 2.97. The quantitative estimate of drug-likeness (QED) is 0.770. The first-order valence-electron chi connectivity index (χ1n) is 5.58. The monoisotopic (exact) mass is 351 g/mol. The van der Waals surface area contributed by atoms with Gasteiger partial charge in [-0.15, -0.1) is 0 Å². The molecule has 0 aliphatic carbocycles. The summed E-state index contributed by atoms with van der Waals surface area (Å²) in [6.07, 6.45) is 1.44. The van der Waals surface area contributed by atoms with Gasteiger partial charge in [-0.3, -0.25) is 0 Å². The Balaban J connectivity index is 2.34. The van der Waals surface area contributed by atoms with Crippen molar-refractivity contribution in [3.05, 3.63) is 17.0 Å². The summed E-state index contributed by atoms with van der Waals surface area (Å²) < 4.78 is 24.9. The van der Waals surface area contributed by atoms with Crippen molar-refractivity contribution >= 4 is 43.3 Å². The van der Waals surface area contributed by atoms with Crippen LogP contribution in [0.2, 0.25) is 0 Å². The molecule has 18 heavy (non-hydrogen) atoms. The Labute approximate surface area is 119 Å². The molecule has 1 atom stereocenters. The number of thioether (sulfide) groups is 1. The van der Waals surface area contributed by atoms with Crippen LogP contribution in [0.5, 0.6) is 0 Å². The van der Waals surface area contributed by atoms with E-state index >= 15 is 0 Å². The van der Waals surface area contributed by atoms with E-state index in [0.717, 1.165) is 5.75 Å². The van der Waals surface area contributed by atoms with Crippen molar-refractivity contribution in [1.29, 1.82) is 0 Å². The molecule has 1 aromatic rings. The van der Waals surface area contributed by atoms with Crippen molar-refractivity contribution in [3.8, 4) is 0 Å². The minimum absolute atomic E-state index is 0.154. The average molecular weight is 352 g/mol. The van der Waals surface area contributed by atoms with Crippen LogP contribution >= 0.6 is 27.7 Å². The number of sulfone groups is 1. The van der Waals surface area contributed by atoms with Crippen molar-refractivity contribution in [2.24, 2.45) is 0 Å². The molecule has 1 unspecified atom stereocenters. The number of hydrogen-bond donors (Lipinski definition) is 0. The standard InChI is InChI=1S/C10H14BrN3O2S2/c1-2-18(15,16)10-6-17-4-3-14(10)9-5-8(11)12-7-13-9/h5,7,10H,2-4,6H2,1H3. The van der Waals surface area contributed by atoms with Crippen LogP contribution in [0.25, 0.3) is 0 Å². The van der Waals surface area contributed by atoms with E-state index in [2.05, 4.69) is 25.9 Å². The van der Waals surface area contributed by atoms with Crippen LogP contribution in [0.1, 0.15) is 6.92 Å². The lowest BCUT2D eigenvalue weighted by atomic mass is 10.4. The van der Waals surface area contributed by atoms with Crippen molar-refractivity contribution in [3.63, 3.8) is 0 Å². The van der Waals surface area contributed by atoms with Crippen LogP contribution in [0, 0.1) is 0 Å². The summed E-state index contributed by atoms with van der Waals surface area (Å²) in [4.78, 5) is 10.0. The van der Waals surface area contributed by atoms with E-state index in [1.807, 2.05) is 4.90 Å². The molecule has 2 rings (SSSR count). The second-order valence-electron chi connectivity index (χ2n) is 3.87. The van der Waals surface area contributed by atoms with Crippen LogP contribution in [0.15, 0.2) is 17.0 Å². The highest BCUT2D eigenvalue weighted by Gasteiger charge is 2.33. The zero-order chi connectivity index (χ0) is 13.2. The Morgan fingerprint density at radius 2 is 2.33 bits per heavy atom. The van der Waals surface area contributed by atoms with E-state index < -0.39 is 15.2 Å². The maximum atomic E-state index is 12.1. The molecule has 5 nitrogen and oxygen atoms in total. The molecule has 1 saturated heterocycles. The van der Waals surface area contributed by atoms with Gasteiger partial charge in [0.15, 0.2) is 9.84 Å². The zero-order valence-electron chi connectivity index (χ0n) is 9.91. The number of hydrogen-bond acceptors (Lipinski definition) is 6. The molecule has 1 aliphatic heterocycles. The van der Waals surface area contributed by atoms with Crippen molar-refractivity contribution in [2.75, 3.05) is 28.7 Å². The summed E-state index contributed by atoms with van der Waals surface area (Å²) >= 11 is 4.96. The maximum absolute atomic E-state index is 12.1. The number of aromatic nitrogens is 2. The molecule has 1 fully saturated rings. The number of anilines is 1. The lowest BCUT2D eigenvalue weighted by Crippen LogP contribution is -2.48. The molecular weight excluding hydrogens is 338 g/mol. The highest BCUT2D eigenvalue weighted by atomic mass is 79.9. The molecule has 0 aromatic carbocycles. The number of nitrogens with zero attached hydrogens (tertiary/aromatic N) is 3. The Morgan fingerprint density at radius 3 is 3.00 bits per heavy atom. The molecule has 0 amide bonds. The predicted molar refractivity (Wildman–Crippen MR) is 77.7 cm³/mol. The molecule has 0 radical (unpaired) electrons. The van der Waals surface area contributed by atoms with E-state index in [9.17, 15) is 8.42 Å². The molecule has 0 saturated carbocycles. The third-order valence-corrected chi connectivity index (χ3v) is 6.54. The minimum Gasteiger partial charge on any atom is -0.338 e. The summed E-state index contributed by atoms with van der Waals surface area (Å²) in [5.41, 5.74) is 0. The Hall–Kier alpha value is -0.340. The zero-order valence-corrected chi connectivity index (χ0v) is 13.1. The van der Waals surface area contributed by atoms with Crippen LogP contribution in [-0.2, 0) is 9.84 Å². The fourth-order valence-electron chi connectivity index (χ4n) is 1.81. The highest BCUT2D eigenvalue weighted by Crippen LogP contribution is 2.26. The number of rotatable bonds is 3. The molecule has 1 aromatic heterocycles. The molecule has 100 valence electrons.